The molecule has 0 aliphatic carbocycles. The summed E-state index contributed by atoms with van der Waals surface area (Å²) in [5, 5.41) is -0.664. The number of hydrazine groups is 1. The van der Waals surface area contributed by atoms with Gasteiger partial charge in [-0.15, -0.1) is 0 Å². The Morgan fingerprint density at radius 2 is 2.11 bits per heavy atom. The zero-order valence-electron chi connectivity index (χ0n) is 11.2. The lowest BCUT2D eigenvalue weighted by molar-refractivity contribution is 0.385. The van der Waals surface area contributed by atoms with Crippen LogP contribution in [0.3, 0.4) is 0 Å². The molecule has 0 aliphatic rings. The molecule has 0 heterocycles. The van der Waals surface area contributed by atoms with E-state index in [-0.39, 0.29) is 5.75 Å². The van der Waals surface area contributed by atoms with Crippen LogP contribution in [-0.4, -0.2) is 33.1 Å². The molecule has 108 valence electrons. The summed E-state index contributed by atoms with van der Waals surface area (Å²) in [6.45, 7) is 1.57. The van der Waals surface area contributed by atoms with Crippen molar-refractivity contribution >= 4 is 9.84 Å². The zero-order valence-corrected chi connectivity index (χ0v) is 12.0. The van der Waals surface area contributed by atoms with Crippen molar-refractivity contribution in [1.29, 1.82) is 0 Å². The SMILES string of the molecule is COc1ccc(CC(NN)C(C)S(C)(=O)=O)cc1F. The molecule has 19 heavy (non-hydrogen) atoms. The highest BCUT2D eigenvalue weighted by atomic mass is 32.2. The molecule has 2 atom stereocenters. The van der Waals surface area contributed by atoms with Crippen LogP contribution in [0.25, 0.3) is 0 Å². The van der Waals surface area contributed by atoms with Gasteiger partial charge in [-0.05, 0) is 31.0 Å². The Kier molecular flexibility index (Phi) is 5.28. The minimum absolute atomic E-state index is 0.150. The molecule has 0 amide bonds. The fourth-order valence-corrected chi connectivity index (χ4v) is 2.52. The van der Waals surface area contributed by atoms with Crippen LogP contribution < -0.4 is 16.0 Å². The van der Waals surface area contributed by atoms with Crippen molar-refractivity contribution in [2.24, 2.45) is 5.84 Å². The first-order valence-corrected chi connectivity index (χ1v) is 7.72. The first-order chi connectivity index (χ1) is 8.79. The maximum atomic E-state index is 13.5. The van der Waals surface area contributed by atoms with Gasteiger partial charge < -0.3 is 4.74 Å². The van der Waals surface area contributed by atoms with Crippen LogP contribution in [0.15, 0.2) is 18.2 Å². The Morgan fingerprint density at radius 1 is 1.47 bits per heavy atom. The molecule has 0 aromatic heterocycles. The second-order valence-corrected chi connectivity index (χ2v) is 6.88. The summed E-state index contributed by atoms with van der Waals surface area (Å²) in [4.78, 5) is 0. The number of nitrogens with one attached hydrogen (secondary N) is 1. The summed E-state index contributed by atoms with van der Waals surface area (Å²) in [7, 11) is -1.84. The topological polar surface area (TPSA) is 81.4 Å². The van der Waals surface area contributed by atoms with Gasteiger partial charge in [-0.1, -0.05) is 6.07 Å². The Balaban J connectivity index is 2.90. The molecular weight excluding hydrogens is 271 g/mol. The number of nitrogens with two attached hydrogens (primary N) is 1. The molecule has 7 heteroatoms. The number of rotatable bonds is 6. The normalized spacial score (nSPS) is 15.0. The number of ether oxygens (including phenoxy) is 1. The highest BCUT2D eigenvalue weighted by molar-refractivity contribution is 7.91. The lowest BCUT2D eigenvalue weighted by Gasteiger charge is -2.22. The van der Waals surface area contributed by atoms with Crippen LogP contribution in [0.4, 0.5) is 4.39 Å². The molecule has 0 saturated carbocycles. The fraction of sp³-hybridized carbons (Fsp3) is 0.500. The Morgan fingerprint density at radius 3 is 2.53 bits per heavy atom. The maximum Gasteiger partial charge on any atom is 0.165 e. The van der Waals surface area contributed by atoms with Crippen molar-refractivity contribution in [3.63, 3.8) is 0 Å². The Bertz CT molecular complexity index is 534. The number of sulfone groups is 1. The van der Waals surface area contributed by atoms with E-state index in [1.807, 2.05) is 0 Å². The third kappa shape index (κ3) is 4.15. The average Bonchev–Trinajstić information content (AvgIpc) is 2.34. The van der Waals surface area contributed by atoms with E-state index in [2.05, 4.69) is 5.43 Å². The Labute approximate surface area is 112 Å². The van der Waals surface area contributed by atoms with E-state index >= 15 is 0 Å². The summed E-state index contributed by atoms with van der Waals surface area (Å²) in [5.41, 5.74) is 3.12. The summed E-state index contributed by atoms with van der Waals surface area (Å²) >= 11 is 0. The average molecular weight is 290 g/mol. The van der Waals surface area contributed by atoms with Gasteiger partial charge in [0.1, 0.15) is 0 Å². The summed E-state index contributed by atoms with van der Waals surface area (Å²) in [5.74, 6) is 5.05. The maximum absolute atomic E-state index is 13.5. The molecule has 0 radical (unpaired) electrons. The number of hydrogen-bond donors (Lipinski definition) is 2. The Hall–Kier alpha value is -1.18. The van der Waals surface area contributed by atoms with Crippen LogP contribution in [-0.2, 0) is 16.3 Å². The van der Waals surface area contributed by atoms with Crippen LogP contribution in [0.5, 0.6) is 5.75 Å². The monoisotopic (exact) mass is 290 g/mol. The molecule has 0 spiro atoms. The largest absolute Gasteiger partial charge is 0.494 e. The van der Waals surface area contributed by atoms with Gasteiger partial charge in [0.05, 0.1) is 12.4 Å². The van der Waals surface area contributed by atoms with Gasteiger partial charge in [-0.3, -0.25) is 11.3 Å². The lowest BCUT2D eigenvalue weighted by atomic mass is 10.0. The van der Waals surface area contributed by atoms with E-state index in [0.717, 1.165) is 6.26 Å². The van der Waals surface area contributed by atoms with Gasteiger partial charge >= 0.3 is 0 Å². The molecule has 5 nitrogen and oxygen atoms in total. The van der Waals surface area contributed by atoms with E-state index in [0.29, 0.717) is 12.0 Å². The highest BCUT2D eigenvalue weighted by Gasteiger charge is 2.25. The summed E-state index contributed by atoms with van der Waals surface area (Å²) in [6, 6.07) is 4.02. The van der Waals surface area contributed by atoms with Crippen LogP contribution >= 0.6 is 0 Å². The summed E-state index contributed by atoms with van der Waals surface area (Å²) in [6.07, 6.45) is 1.46. The molecular formula is C12H19FN2O3S. The first-order valence-electron chi connectivity index (χ1n) is 5.77. The van der Waals surface area contributed by atoms with E-state index in [1.54, 1.807) is 13.0 Å². The van der Waals surface area contributed by atoms with Gasteiger partial charge in [0, 0.05) is 12.3 Å². The zero-order chi connectivity index (χ0) is 14.6. The van der Waals surface area contributed by atoms with E-state index < -0.39 is 26.9 Å². The van der Waals surface area contributed by atoms with Crippen molar-refractivity contribution in [1.82, 2.24) is 5.43 Å². The smallest absolute Gasteiger partial charge is 0.165 e. The van der Waals surface area contributed by atoms with Crippen molar-refractivity contribution in [2.75, 3.05) is 13.4 Å². The van der Waals surface area contributed by atoms with E-state index in [1.165, 1.54) is 19.2 Å². The second-order valence-electron chi connectivity index (χ2n) is 4.48. The van der Waals surface area contributed by atoms with Gasteiger partial charge in [-0.2, -0.15) is 0 Å². The van der Waals surface area contributed by atoms with Crippen molar-refractivity contribution in [2.45, 2.75) is 24.6 Å². The minimum atomic E-state index is -3.22. The third-order valence-electron chi connectivity index (χ3n) is 3.13. The third-order valence-corrected chi connectivity index (χ3v) is 4.81. The standard InChI is InChI=1S/C12H19FN2O3S/c1-8(19(3,16)17)11(15-14)7-9-4-5-12(18-2)10(13)6-9/h4-6,8,11,15H,7,14H2,1-3H3. The molecule has 2 unspecified atom stereocenters. The lowest BCUT2D eigenvalue weighted by Crippen LogP contribution is -2.47. The molecule has 1 aromatic rings. The second kappa shape index (κ2) is 6.31. The van der Waals surface area contributed by atoms with Crippen molar-refractivity contribution in [3.8, 4) is 5.75 Å². The quantitative estimate of drug-likeness (QED) is 0.593. The van der Waals surface area contributed by atoms with Crippen LogP contribution in [0, 0.1) is 5.82 Å². The van der Waals surface area contributed by atoms with E-state index in [4.69, 9.17) is 10.6 Å². The molecule has 0 fully saturated rings. The van der Waals surface area contributed by atoms with Gasteiger partial charge in [0.25, 0.3) is 0 Å². The van der Waals surface area contributed by atoms with Crippen molar-refractivity contribution < 1.29 is 17.5 Å². The predicted molar refractivity (Wildman–Crippen MR) is 72.1 cm³/mol. The molecule has 0 saturated heterocycles. The number of hydrogen-bond acceptors (Lipinski definition) is 5. The minimum Gasteiger partial charge on any atom is -0.494 e. The van der Waals surface area contributed by atoms with Gasteiger partial charge in [0.15, 0.2) is 21.4 Å². The molecule has 0 aliphatic heterocycles. The summed E-state index contributed by atoms with van der Waals surface area (Å²) < 4.78 is 41.4. The van der Waals surface area contributed by atoms with E-state index in [9.17, 15) is 12.8 Å². The van der Waals surface area contributed by atoms with Gasteiger partial charge in [-0.25, -0.2) is 12.8 Å². The molecule has 1 rings (SSSR count). The van der Waals surface area contributed by atoms with Crippen LogP contribution in [0.1, 0.15) is 12.5 Å². The number of methoxy groups -OCH3 is 1. The fourth-order valence-electron chi connectivity index (χ4n) is 1.75. The molecule has 0 bridgehead atoms. The first kappa shape index (κ1) is 15.9. The van der Waals surface area contributed by atoms with Crippen molar-refractivity contribution in [3.05, 3.63) is 29.6 Å². The number of halogens is 1. The molecule has 1 aromatic carbocycles. The highest BCUT2D eigenvalue weighted by Crippen LogP contribution is 2.19. The molecule has 3 N–H and O–H groups in total. The number of benzene rings is 1. The van der Waals surface area contributed by atoms with Gasteiger partial charge in [0.2, 0.25) is 0 Å². The predicted octanol–water partition coefficient (Wildman–Crippen LogP) is 0.642. The van der Waals surface area contributed by atoms with Crippen LogP contribution in [0.2, 0.25) is 0 Å².